The zero-order valence-corrected chi connectivity index (χ0v) is 11.3. The lowest BCUT2D eigenvalue weighted by atomic mass is 10.2. The SMILES string of the molecule is Cc1cc(CNC(=O)c2ccc(C)c(C)n2)ncn1. The van der Waals surface area contributed by atoms with Crippen molar-refractivity contribution >= 4 is 5.91 Å². The second-order valence-electron chi connectivity index (χ2n) is 4.43. The first-order valence-electron chi connectivity index (χ1n) is 6.06. The van der Waals surface area contributed by atoms with Crippen LogP contribution in [0, 0.1) is 20.8 Å². The molecule has 2 aromatic heterocycles. The van der Waals surface area contributed by atoms with Crippen molar-refractivity contribution in [2.24, 2.45) is 0 Å². The molecule has 2 aromatic rings. The van der Waals surface area contributed by atoms with Gasteiger partial charge in [0.15, 0.2) is 0 Å². The van der Waals surface area contributed by atoms with Gasteiger partial charge in [-0.15, -0.1) is 0 Å². The van der Waals surface area contributed by atoms with Crippen LogP contribution in [-0.2, 0) is 6.54 Å². The van der Waals surface area contributed by atoms with Gasteiger partial charge in [-0.05, 0) is 38.5 Å². The molecule has 1 amide bonds. The predicted octanol–water partition coefficient (Wildman–Crippen LogP) is 1.73. The molecule has 2 rings (SSSR count). The van der Waals surface area contributed by atoms with Gasteiger partial charge in [0.05, 0.1) is 12.2 Å². The maximum atomic E-state index is 11.9. The van der Waals surface area contributed by atoms with Gasteiger partial charge >= 0.3 is 0 Å². The summed E-state index contributed by atoms with van der Waals surface area (Å²) < 4.78 is 0. The van der Waals surface area contributed by atoms with Crippen LogP contribution in [0.5, 0.6) is 0 Å². The molecule has 0 unspecified atom stereocenters. The molecule has 0 saturated carbocycles. The zero-order valence-electron chi connectivity index (χ0n) is 11.3. The molecule has 5 nitrogen and oxygen atoms in total. The average molecular weight is 256 g/mol. The lowest BCUT2D eigenvalue weighted by Gasteiger charge is -2.06. The number of nitrogens with zero attached hydrogens (tertiary/aromatic N) is 3. The third kappa shape index (κ3) is 3.34. The second-order valence-corrected chi connectivity index (χ2v) is 4.43. The molecule has 98 valence electrons. The number of rotatable bonds is 3. The number of nitrogens with one attached hydrogen (secondary N) is 1. The van der Waals surface area contributed by atoms with E-state index in [0.29, 0.717) is 12.2 Å². The van der Waals surface area contributed by atoms with Crippen molar-refractivity contribution in [1.82, 2.24) is 20.3 Å². The molecule has 0 aliphatic heterocycles. The molecule has 0 saturated heterocycles. The lowest BCUT2D eigenvalue weighted by molar-refractivity contribution is 0.0945. The van der Waals surface area contributed by atoms with Crippen LogP contribution in [0.4, 0.5) is 0 Å². The zero-order chi connectivity index (χ0) is 13.8. The van der Waals surface area contributed by atoms with Crippen molar-refractivity contribution in [1.29, 1.82) is 0 Å². The summed E-state index contributed by atoms with van der Waals surface area (Å²) in [4.78, 5) is 24.3. The van der Waals surface area contributed by atoms with Gasteiger partial charge in [-0.2, -0.15) is 0 Å². The van der Waals surface area contributed by atoms with Crippen molar-refractivity contribution in [3.8, 4) is 0 Å². The van der Waals surface area contributed by atoms with E-state index < -0.39 is 0 Å². The van der Waals surface area contributed by atoms with Gasteiger partial charge in [-0.3, -0.25) is 4.79 Å². The van der Waals surface area contributed by atoms with Gasteiger partial charge in [0, 0.05) is 11.4 Å². The van der Waals surface area contributed by atoms with Crippen LogP contribution in [0.25, 0.3) is 0 Å². The van der Waals surface area contributed by atoms with Gasteiger partial charge < -0.3 is 5.32 Å². The fraction of sp³-hybridized carbons (Fsp3) is 0.286. The van der Waals surface area contributed by atoms with Crippen LogP contribution in [0.1, 0.15) is 33.1 Å². The van der Waals surface area contributed by atoms with Crippen molar-refractivity contribution < 1.29 is 4.79 Å². The standard InChI is InChI=1S/C14H16N4O/c1-9-4-5-13(18-11(9)3)14(19)15-7-12-6-10(2)16-8-17-12/h4-6,8H,7H2,1-3H3,(H,15,19). The summed E-state index contributed by atoms with van der Waals surface area (Å²) >= 11 is 0. The summed E-state index contributed by atoms with van der Waals surface area (Å²) in [5.74, 6) is -0.195. The third-order valence-electron chi connectivity index (χ3n) is 2.87. The van der Waals surface area contributed by atoms with Gasteiger partial charge in [0.25, 0.3) is 5.91 Å². The molecule has 1 N–H and O–H groups in total. The molecular weight excluding hydrogens is 240 g/mol. The number of hydrogen-bond donors (Lipinski definition) is 1. The van der Waals surface area contributed by atoms with E-state index in [0.717, 1.165) is 22.6 Å². The number of carbonyl (C=O) groups is 1. The lowest BCUT2D eigenvalue weighted by Crippen LogP contribution is -2.24. The van der Waals surface area contributed by atoms with E-state index in [4.69, 9.17) is 0 Å². The smallest absolute Gasteiger partial charge is 0.270 e. The number of aromatic nitrogens is 3. The maximum absolute atomic E-state index is 11.9. The summed E-state index contributed by atoms with van der Waals surface area (Å²) in [6.45, 7) is 6.11. The first-order valence-corrected chi connectivity index (χ1v) is 6.06. The molecule has 0 spiro atoms. The Morgan fingerprint density at radius 3 is 2.68 bits per heavy atom. The van der Waals surface area contributed by atoms with E-state index in [-0.39, 0.29) is 5.91 Å². The van der Waals surface area contributed by atoms with Crippen molar-refractivity contribution in [2.75, 3.05) is 0 Å². The van der Waals surface area contributed by atoms with Crippen LogP contribution >= 0.6 is 0 Å². The summed E-state index contributed by atoms with van der Waals surface area (Å²) in [5.41, 5.74) is 4.02. The second kappa shape index (κ2) is 5.56. The molecule has 0 atom stereocenters. The molecule has 0 bridgehead atoms. The highest BCUT2D eigenvalue weighted by atomic mass is 16.1. The Kier molecular flexibility index (Phi) is 3.85. The summed E-state index contributed by atoms with van der Waals surface area (Å²) in [6.07, 6.45) is 1.49. The normalized spacial score (nSPS) is 10.3. The van der Waals surface area contributed by atoms with E-state index in [1.54, 1.807) is 6.07 Å². The van der Waals surface area contributed by atoms with Gasteiger partial charge in [0.2, 0.25) is 0 Å². The van der Waals surface area contributed by atoms with Gasteiger partial charge in [0.1, 0.15) is 12.0 Å². The largest absolute Gasteiger partial charge is 0.345 e. The first-order chi connectivity index (χ1) is 9.06. The van der Waals surface area contributed by atoms with Crippen molar-refractivity contribution in [3.05, 3.63) is 52.9 Å². The highest BCUT2D eigenvalue weighted by Gasteiger charge is 2.08. The number of carbonyl (C=O) groups excluding carboxylic acids is 1. The van der Waals surface area contributed by atoms with Gasteiger partial charge in [-0.1, -0.05) is 6.07 Å². The number of amides is 1. The van der Waals surface area contributed by atoms with Crippen LogP contribution < -0.4 is 5.32 Å². The van der Waals surface area contributed by atoms with Crippen LogP contribution in [0.15, 0.2) is 24.5 Å². The molecule has 19 heavy (non-hydrogen) atoms. The van der Waals surface area contributed by atoms with Crippen LogP contribution in [0.2, 0.25) is 0 Å². The number of aryl methyl sites for hydroxylation is 3. The molecule has 0 aromatic carbocycles. The fourth-order valence-corrected chi connectivity index (χ4v) is 1.62. The average Bonchev–Trinajstić information content (AvgIpc) is 2.39. The highest BCUT2D eigenvalue weighted by molar-refractivity contribution is 5.92. The molecule has 2 heterocycles. The minimum absolute atomic E-state index is 0.195. The number of pyridine rings is 1. The third-order valence-corrected chi connectivity index (χ3v) is 2.87. The summed E-state index contributed by atoms with van der Waals surface area (Å²) in [5, 5.41) is 2.80. The quantitative estimate of drug-likeness (QED) is 0.908. The maximum Gasteiger partial charge on any atom is 0.270 e. The first kappa shape index (κ1) is 13.1. The van der Waals surface area contributed by atoms with Crippen molar-refractivity contribution in [2.45, 2.75) is 27.3 Å². The van der Waals surface area contributed by atoms with E-state index in [1.807, 2.05) is 32.9 Å². The fourth-order valence-electron chi connectivity index (χ4n) is 1.62. The topological polar surface area (TPSA) is 67.8 Å². The van der Waals surface area contributed by atoms with E-state index in [2.05, 4.69) is 20.3 Å². The minimum atomic E-state index is -0.195. The van der Waals surface area contributed by atoms with Crippen molar-refractivity contribution in [3.63, 3.8) is 0 Å². The van der Waals surface area contributed by atoms with E-state index in [9.17, 15) is 4.79 Å². The van der Waals surface area contributed by atoms with Gasteiger partial charge in [-0.25, -0.2) is 15.0 Å². The monoisotopic (exact) mass is 256 g/mol. The Labute approximate surface area is 112 Å². The Morgan fingerprint density at radius 2 is 2.00 bits per heavy atom. The Bertz CT molecular complexity index is 610. The molecule has 0 aliphatic rings. The van der Waals surface area contributed by atoms with Crippen LogP contribution in [-0.4, -0.2) is 20.9 Å². The predicted molar refractivity (Wildman–Crippen MR) is 71.7 cm³/mol. The van der Waals surface area contributed by atoms with Crippen LogP contribution in [0.3, 0.4) is 0 Å². The van der Waals surface area contributed by atoms with E-state index in [1.165, 1.54) is 6.33 Å². The molecule has 0 fully saturated rings. The Hall–Kier alpha value is -2.30. The highest BCUT2D eigenvalue weighted by Crippen LogP contribution is 2.05. The summed E-state index contributed by atoms with van der Waals surface area (Å²) in [7, 11) is 0. The molecule has 5 heteroatoms. The molecule has 0 radical (unpaired) electrons. The molecule has 0 aliphatic carbocycles. The molecular formula is C14H16N4O. The Morgan fingerprint density at radius 1 is 1.21 bits per heavy atom. The minimum Gasteiger partial charge on any atom is -0.345 e. The summed E-state index contributed by atoms with van der Waals surface area (Å²) in [6, 6.07) is 5.46. The number of hydrogen-bond acceptors (Lipinski definition) is 4. The van der Waals surface area contributed by atoms with E-state index >= 15 is 0 Å². The Balaban J connectivity index is 2.03.